The molecule has 0 radical (unpaired) electrons. The van der Waals surface area contributed by atoms with E-state index in [4.69, 9.17) is 11.6 Å². The van der Waals surface area contributed by atoms with E-state index in [1.807, 2.05) is 36.4 Å². The van der Waals surface area contributed by atoms with Gasteiger partial charge in [0.15, 0.2) is 5.78 Å². The van der Waals surface area contributed by atoms with Crippen LogP contribution in [-0.2, 0) is 6.42 Å². The predicted molar refractivity (Wildman–Crippen MR) is 71.7 cm³/mol. The molecule has 18 heavy (non-hydrogen) atoms. The van der Waals surface area contributed by atoms with Crippen LogP contribution in [0.25, 0.3) is 6.08 Å². The molecule has 2 nitrogen and oxygen atoms in total. The van der Waals surface area contributed by atoms with Gasteiger partial charge in [0.05, 0.1) is 0 Å². The van der Waals surface area contributed by atoms with Gasteiger partial charge in [-0.1, -0.05) is 29.8 Å². The van der Waals surface area contributed by atoms with Crippen LogP contribution in [0.2, 0.25) is 5.02 Å². The minimum atomic E-state index is 0.0661. The fourth-order valence-electron chi connectivity index (χ4n) is 2.17. The van der Waals surface area contributed by atoms with Gasteiger partial charge in [0.2, 0.25) is 0 Å². The van der Waals surface area contributed by atoms with Crippen molar-refractivity contribution >= 4 is 23.5 Å². The molecule has 0 N–H and O–H groups in total. The molecular weight excluding hydrogens is 246 g/mol. The lowest BCUT2D eigenvalue weighted by Crippen LogP contribution is -1.95. The Morgan fingerprint density at radius 3 is 2.83 bits per heavy atom. The molecule has 1 aromatic heterocycles. The summed E-state index contributed by atoms with van der Waals surface area (Å²) >= 11 is 6.11. The maximum atomic E-state index is 12.2. The van der Waals surface area contributed by atoms with Crippen LogP contribution in [-0.4, -0.2) is 10.8 Å². The molecule has 3 heteroatoms. The Bertz CT molecular complexity index is 647. The number of carbonyl (C=O) groups is 1. The second kappa shape index (κ2) is 4.39. The number of allylic oxidation sites excluding steroid dienone is 1. The van der Waals surface area contributed by atoms with Crippen LogP contribution in [0.4, 0.5) is 0 Å². The normalized spacial score (nSPS) is 16.1. The summed E-state index contributed by atoms with van der Waals surface area (Å²) in [5.74, 6) is 0.0661. The molecule has 3 rings (SSSR count). The van der Waals surface area contributed by atoms with E-state index in [0.717, 1.165) is 22.3 Å². The molecule has 0 unspecified atom stereocenters. The van der Waals surface area contributed by atoms with Crippen LogP contribution >= 0.6 is 11.6 Å². The van der Waals surface area contributed by atoms with Crippen molar-refractivity contribution in [3.05, 3.63) is 70.0 Å². The number of benzene rings is 1. The lowest BCUT2D eigenvalue weighted by molar-refractivity contribution is 0.104. The van der Waals surface area contributed by atoms with E-state index in [1.54, 1.807) is 12.4 Å². The molecule has 0 fully saturated rings. The Morgan fingerprint density at radius 1 is 1.22 bits per heavy atom. The minimum absolute atomic E-state index is 0.0661. The second-order valence-electron chi connectivity index (χ2n) is 4.23. The first kappa shape index (κ1) is 11.2. The number of hydrogen-bond donors (Lipinski definition) is 0. The van der Waals surface area contributed by atoms with Gasteiger partial charge in [-0.3, -0.25) is 9.78 Å². The fraction of sp³-hybridized carbons (Fsp3) is 0.0667. The minimum Gasteiger partial charge on any atom is -0.289 e. The molecule has 1 aliphatic rings. The predicted octanol–water partition coefficient (Wildman–Crippen LogP) is 3.56. The second-order valence-corrected chi connectivity index (χ2v) is 4.63. The van der Waals surface area contributed by atoms with Gasteiger partial charge in [-0.2, -0.15) is 0 Å². The number of nitrogens with zero attached hydrogens (tertiary/aromatic N) is 1. The lowest BCUT2D eigenvalue weighted by Gasteiger charge is -1.97. The number of hydrogen-bond acceptors (Lipinski definition) is 2. The summed E-state index contributed by atoms with van der Waals surface area (Å²) < 4.78 is 0. The Labute approximate surface area is 110 Å². The first-order valence-corrected chi connectivity index (χ1v) is 6.06. The quantitative estimate of drug-likeness (QED) is 0.730. The van der Waals surface area contributed by atoms with E-state index < -0.39 is 0 Å². The largest absolute Gasteiger partial charge is 0.289 e. The summed E-state index contributed by atoms with van der Waals surface area (Å²) in [7, 11) is 0. The average Bonchev–Trinajstić information content (AvgIpc) is 2.70. The molecule has 1 heterocycles. The standard InChI is InChI=1S/C15H10ClNO/c16-14-5-1-4-12-13(14)8-11(15(12)18)7-10-3-2-6-17-9-10/h1-7,9H,8H2/b11-7-. The summed E-state index contributed by atoms with van der Waals surface area (Å²) in [5.41, 5.74) is 3.35. The van der Waals surface area contributed by atoms with E-state index in [-0.39, 0.29) is 5.78 Å². The number of fused-ring (bicyclic) bond motifs is 1. The third-order valence-electron chi connectivity index (χ3n) is 3.05. The maximum Gasteiger partial charge on any atom is 0.189 e. The van der Waals surface area contributed by atoms with Gasteiger partial charge in [0.1, 0.15) is 0 Å². The fourth-order valence-corrected chi connectivity index (χ4v) is 2.42. The van der Waals surface area contributed by atoms with Gasteiger partial charge >= 0.3 is 0 Å². The number of carbonyl (C=O) groups excluding carboxylic acids is 1. The molecule has 88 valence electrons. The molecule has 0 amide bonds. The Hall–Kier alpha value is -1.93. The highest BCUT2D eigenvalue weighted by Gasteiger charge is 2.26. The number of pyridine rings is 1. The van der Waals surface area contributed by atoms with E-state index in [0.29, 0.717) is 11.4 Å². The van der Waals surface area contributed by atoms with Gasteiger partial charge in [0.25, 0.3) is 0 Å². The molecule has 0 bridgehead atoms. The third-order valence-corrected chi connectivity index (χ3v) is 3.40. The van der Waals surface area contributed by atoms with E-state index in [2.05, 4.69) is 4.98 Å². The maximum absolute atomic E-state index is 12.2. The lowest BCUT2D eigenvalue weighted by atomic mass is 10.1. The van der Waals surface area contributed by atoms with Crippen molar-refractivity contribution in [2.75, 3.05) is 0 Å². The Morgan fingerprint density at radius 2 is 2.11 bits per heavy atom. The van der Waals surface area contributed by atoms with Crippen LogP contribution in [0.15, 0.2) is 48.3 Å². The van der Waals surface area contributed by atoms with Crippen LogP contribution < -0.4 is 0 Å². The first-order chi connectivity index (χ1) is 8.75. The number of ketones is 1. The summed E-state index contributed by atoms with van der Waals surface area (Å²) in [5, 5.41) is 0.662. The topological polar surface area (TPSA) is 30.0 Å². The Kier molecular flexibility index (Phi) is 2.73. The molecule has 0 saturated heterocycles. The molecule has 0 atom stereocenters. The van der Waals surface area contributed by atoms with E-state index >= 15 is 0 Å². The van der Waals surface area contributed by atoms with Crippen LogP contribution in [0.1, 0.15) is 21.5 Å². The molecular formula is C15H10ClNO. The highest BCUT2D eigenvalue weighted by atomic mass is 35.5. The number of aromatic nitrogens is 1. The molecule has 0 aliphatic heterocycles. The van der Waals surface area contributed by atoms with Gasteiger partial charge in [0, 0.05) is 35.0 Å². The zero-order valence-electron chi connectivity index (χ0n) is 9.56. The zero-order chi connectivity index (χ0) is 12.5. The van der Waals surface area contributed by atoms with Crippen LogP contribution in [0.3, 0.4) is 0 Å². The van der Waals surface area contributed by atoms with E-state index in [1.165, 1.54) is 0 Å². The number of Topliss-reactive ketones (excluding diaryl/α,β-unsaturated/α-hetero) is 1. The smallest absolute Gasteiger partial charge is 0.189 e. The highest BCUT2D eigenvalue weighted by molar-refractivity contribution is 6.33. The summed E-state index contributed by atoms with van der Waals surface area (Å²) in [6.07, 6.45) is 5.93. The van der Waals surface area contributed by atoms with Crippen molar-refractivity contribution < 1.29 is 4.79 Å². The van der Waals surface area contributed by atoms with Crippen molar-refractivity contribution in [1.29, 1.82) is 0 Å². The third kappa shape index (κ3) is 1.85. The molecule has 2 aromatic rings. The van der Waals surface area contributed by atoms with Gasteiger partial charge in [-0.05, 0) is 29.3 Å². The molecule has 0 spiro atoms. The van der Waals surface area contributed by atoms with Crippen molar-refractivity contribution in [3.63, 3.8) is 0 Å². The monoisotopic (exact) mass is 255 g/mol. The van der Waals surface area contributed by atoms with Gasteiger partial charge in [-0.15, -0.1) is 0 Å². The van der Waals surface area contributed by atoms with Crippen molar-refractivity contribution in [3.8, 4) is 0 Å². The molecule has 1 aliphatic carbocycles. The average molecular weight is 256 g/mol. The van der Waals surface area contributed by atoms with Gasteiger partial charge in [-0.25, -0.2) is 0 Å². The zero-order valence-corrected chi connectivity index (χ0v) is 10.3. The van der Waals surface area contributed by atoms with Crippen LogP contribution in [0.5, 0.6) is 0 Å². The molecule has 1 aromatic carbocycles. The van der Waals surface area contributed by atoms with Crippen LogP contribution in [0, 0.1) is 0 Å². The van der Waals surface area contributed by atoms with Crippen molar-refractivity contribution in [2.45, 2.75) is 6.42 Å². The summed E-state index contributed by atoms with van der Waals surface area (Å²) in [6, 6.07) is 9.24. The SMILES string of the molecule is O=C1/C(=C\c2cccnc2)Cc2c(Cl)cccc21. The van der Waals surface area contributed by atoms with Gasteiger partial charge < -0.3 is 0 Å². The summed E-state index contributed by atoms with van der Waals surface area (Å²) in [6.45, 7) is 0. The van der Waals surface area contributed by atoms with Crippen molar-refractivity contribution in [1.82, 2.24) is 4.98 Å². The summed E-state index contributed by atoms with van der Waals surface area (Å²) in [4.78, 5) is 16.2. The Balaban J connectivity index is 2.03. The first-order valence-electron chi connectivity index (χ1n) is 5.68. The van der Waals surface area contributed by atoms with E-state index in [9.17, 15) is 4.79 Å². The number of rotatable bonds is 1. The highest BCUT2D eigenvalue weighted by Crippen LogP contribution is 2.32. The number of halogens is 1. The van der Waals surface area contributed by atoms with Crippen molar-refractivity contribution in [2.24, 2.45) is 0 Å². The molecule has 0 saturated carbocycles.